The fourth-order valence-electron chi connectivity index (χ4n) is 2.61. The lowest BCUT2D eigenvalue weighted by atomic mass is 10.2. The largest absolute Gasteiger partial charge is 0.492 e. The Labute approximate surface area is 203 Å². The molecule has 1 N–H and O–H groups in total. The summed E-state index contributed by atoms with van der Waals surface area (Å²) in [7, 11) is 0. The highest BCUT2D eigenvalue weighted by Gasteiger charge is 2.36. The molecule has 2 aromatic rings. The van der Waals surface area contributed by atoms with Gasteiger partial charge in [0.2, 0.25) is 5.91 Å². The molecular weight excluding hydrogens is 637 g/mol. The van der Waals surface area contributed by atoms with Crippen molar-refractivity contribution in [2.45, 2.75) is 6.92 Å². The Hall–Kier alpha value is -1.67. The number of carbonyl (C=O) groups excluding carboxylic acids is 3. The number of nitrogens with one attached hydrogen (secondary N) is 1. The molecule has 1 aliphatic heterocycles. The third-order valence-electron chi connectivity index (χ3n) is 3.91. The van der Waals surface area contributed by atoms with E-state index < -0.39 is 29.4 Å². The zero-order valence-electron chi connectivity index (χ0n) is 15.6. The van der Waals surface area contributed by atoms with E-state index >= 15 is 0 Å². The second-order valence-electron chi connectivity index (χ2n) is 6.07. The van der Waals surface area contributed by atoms with Gasteiger partial charge in [-0.1, -0.05) is 0 Å². The maximum absolute atomic E-state index is 13.0. The number of amides is 3. The van der Waals surface area contributed by atoms with Crippen LogP contribution in [0.4, 0.5) is 14.9 Å². The molecule has 3 amide bonds. The lowest BCUT2D eigenvalue weighted by molar-refractivity contribution is -0.127. The van der Waals surface area contributed by atoms with Crippen molar-refractivity contribution in [3.63, 3.8) is 0 Å². The molecule has 0 aliphatic carbocycles. The maximum atomic E-state index is 13.0. The SMILES string of the molecule is CCOc1c(I)cc(/C=C2\SC(=O)N(CC(=O)Nc3ccc(F)cc3)C2=O)cc1I. The first kappa shape index (κ1) is 23.0. The van der Waals surface area contributed by atoms with Crippen molar-refractivity contribution in [1.82, 2.24) is 4.90 Å². The molecule has 3 rings (SSSR count). The number of rotatable bonds is 6. The number of nitrogens with zero attached hydrogens (tertiary/aromatic N) is 1. The maximum Gasteiger partial charge on any atom is 0.294 e. The Bertz CT molecular complexity index is 1020. The van der Waals surface area contributed by atoms with E-state index in [-0.39, 0.29) is 4.91 Å². The monoisotopic (exact) mass is 652 g/mol. The third-order valence-corrected chi connectivity index (χ3v) is 6.42. The Balaban J connectivity index is 1.72. The minimum absolute atomic E-state index is 0.241. The Morgan fingerprint density at radius 1 is 1.20 bits per heavy atom. The number of hydrogen-bond acceptors (Lipinski definition) is 5. The summed E-state index contributed by atoms with van der Waals surface area (Å²) >= 11 is 5.10. The topological polar surface area (TPSA) is 75.7 Å². The van der Waals surface area contributed by atoms with Gasteiger partial charge in [-0.2, -0.15) is 0 Å². The average molecular weight is 652 g/mol. The molecule has 0 bridgehead atoms. The van der Waals surface area contributed by atoms with Gasteiger partial charge in [0.05, 0.1) is 18.7 Å². The lowest BCUT2D eigenvalue weighted by Crippen LogP contribution is -2.36. The van der Waals surface area contributed by atoms with Crippen LogP contribution in [0.5, 0.6) is 5.75 Å². The average Bonchev–Trinajstić information content (AvgIpc) is 2.94. The van der Waals surface area contributed by atoms with Crippen LogP contribution in [0.3, 0.4) is 0 Å². The molecule has 0 atom stereocenters. The molecule has 10 heteroatoms. The van der Waals surface area contributed by atoms with Crippen molar-refractivity contribution in [3.8, 4) is 5.75 Å². The summed E-state index contributed by atoms with van der Waals surface area (Å²) in [6.45, 7) is 2.03. The van der Waals surface area contributed by atoms with Crippen LogP contribution in [0.15, 0.2) is 41.3 Å². The first-order chi connectivity index (χ1) is 14.3. The fourth-order valence-corrected chi connectivity index (χ4v) is 5.58. The molecule has 1 aliphatic rings. The van der Waals surface area contributed by atoms with Gasteiger partial charge in [0, 0.05) is 5.69 Å². The second kappa shape index (κ2) is 10.1. The van der Waals surface area contributed by atoms with Crippen LogP contribution in [-0.2, 0) is 9.59 Å². The molecule has 0 aromatic heterocycles. The van der Waals surface area contributed by atoms with Crippen molar-refractivity contribution >= 4 is 85.8 Å². The van der Waals surface area contributed by atoms with E-state index in [0.29, 0.717) is 12.3 Å². The van der Waals surface area contributed by atoms with Gasteiger partial charge in [-0.3, -0.25) is 19.3 Å². The van der Waals surface area contributed by atoms with Gasteiger partial charge in [0.15, 0.2) is 0 Å². The third kappa shape index (κ3) is 5.52. The first-order valence-corrected chi connectivity index (χ1v) is 11.7. The van der Waals surface area contributed by atoms with E-state index in [1.54, 1.807) is 6.08 Å². The van der Waals surface area contributed by atoms with Crippen LogP contribution in [0, 0.1) is 13.0 Å². The molecule has 0 saturated carbocycles. The zero-order valence-corrected chi connectivity index (χ0v) is 20.7. The summed E-state index contributed by atoms with van der Waals surface area (Å²) in [6.07, 6.45) is 1.63. The summed E-state index contributed by atoms with van der Waals surface area (Å²) in [5.74, 6) is -0.724. The molecule has 156 valence electrons. The molecule has 0 spiro atoms. The molecule has 6 nitrogen and oxygen atoms in total. The second-order valence-corrected chi connectivity index (χ2v) is 9.39. The number of anilines is 1. The standard InChI is InChI=1S/C20H15FI2N2O4S/c1-2-29-18-14(22)7-11(8-15(18)23)9-16-19(27)25(20(28)30-16)10-17(26)24-13-5-3-12(21)4-6-13/h3-9H,2,10H2,1H3,(H,24,26)/b16-9-. The molecule has 0 radical (unpaired) electrons. The highest BCUT2D eigenvalue weighted by atomic mass is 127. The Morgan fingerprint density at radius 3 is 2.43 bits per heavy atom. The molecule has 2 aromatic carbocycles. The summed E-state index contributed by atoms with van der Waals surface area (Å²) < 4.78 is 20.4. The highest BCUT2D eigenvalue weighted by Crippen LogP contribution is 2.34. The minimum atomic E-state index is -0.546. The smallest absolute Gasteiger partial charge is 0.294 e. The zero-order chi connectivity index (χ0) is 21.8. The van der Waals surface area contributed by atoms with Crippen molar-refractivity contribution in [2.75, 3.05) is 18.5 Å². The number of hydrogen-bond donors (Lipinski definition) is 1. The summed E-state index contributed by atoms with van der Waals surface area (Å²) in [5, 5.41) is 2.02. The van der Waals surface area contributed by atoms with E-state index in [1.165, 1.54) is 24.3 Å². The van der Waals surface area contributed by atoms with Crippen molar-refractivity contribution in [1.29, 1.82) is 0 Å². The summed E-state index contributed by atoms with van der Waals surface area (Å²) in [5.41, 5.74) is 1.14. The van der Waals surface area contributed by atoms with Crippen molar-refractivity contribution in [3.05, 3.63) is 59.8 Å². The van der Waals surface area contributed by atoms with Gasteiger partial charge in [-0.15, -0.1) is 0 Å². The predicted octanol–water partition coefficient (Wildman–Crippen LogP) is 5.11. The van der Waals surface area contributed by atoms with Crippen LogP contribution in [0.2, 0.25) is 0 Å². The van der Waals surface area contributed by atoms with Gasteiger partial charge >= 0.3 is 0 Å². The van der Waals surface area contributed by atoms with E-state index in [2.05, 4.69) is 50.5 Å². The van der Waals surface area contributed by atoms with Gasteiger partial charge < -0.3 is 10.1 Å². The van der Waals surface area contributed by atoms with Crippen LogP contribution in [-0.4, -0.2) is 35.1 Å². The fraction of sp³-hybridized carbons (Fsp3) is 0.150. The summed E-state index contributed by atoms with van der Waals surface area (Å²) in [6, 6.07) is 8.94. The molecular formula is C20H15FI2N2O4S. The number of ether oxygens (including phenoxy) is 1. The van der Waals surface area contributed by atoms with E-state index in [1.807, 2.05) is 19.1 Å². The Morgan fingerprint density at radius 2 is 1.83 bits per heavy atom. The number of thioether (sulfide) groups is 1. The quantitative estimate of drug-likeness (QED) is 0.347. The van der Waals surface area contributed by atoms with Crippen LogP contribution < -0.4 is 10.1 Å². The molecule has 0 unspecified atom stereocenters. The number of carbonyl (C=O) groups is 3. The van der Waals surface area contributed by atoms with Gasteiger partial charge in [0.25, 0.3) is 11.1 Å². The number of benzene rings is 2. The predicted molar refractivity (Wildman–Crippen MR) is 131 cm³/mol. The van der Waals surface area contributed by atoms with Crippen molar-refractivity contribution in [2.24, 2.45) is 0 Å². The minimum Gasteiger partial charge on any atom is -0.492 e. The van der Waals surface area contributed by atoms with E-state index in [9.17, 15) is 18.8 Å². The first-order valence-electron chi connectivity index (χ1n) is 8.71. The molecule has 30 heavy (non-hydrogen) atoms. The number of halogens is 3. The van der Waals surface area contributed by atoms with E-state index in [0.717, 1.165) is 35.1 Å². The molecule has 1 heterocycles. The van der Waals surface area contributed by atoms with Crippen LogP contribution in [0.25, 0.3) is 6.08 Å². The van der Waals surface area contributed by atoms with Gasteiger partial charge in [-0.05, 0) is 112 Å². The lowest BCUT2D eigenvalue weighted by Gasteiger charge is -2.12. The Kier molecular flexibility index (Phi) is 7.74. The summed E-state index contributed by atoms with van der Waals surface area (Å²) in [4.78, 5) is 38.2. The van der Waals surface area contributed by atoms with Crippen molar-refractivity contribution < 1.29 is 23.5 Å². The normalized spacial score (nSPS) is 15.1. The number of imide groups is 1. The highest BCUT2D eigenvalue weighted by molar-refractivity contribution is 14.1. The van der Waals surface area contributed by atoms with E-state index in [4.69, 9.17) is 4.74 Å². The molecule has 1 fully saturated rings. The molecule has 1 saturated heterocycles. The van der Waals surface area contributed by atoms with Gasteiger partial charge in [-0.25, -0.2) is 4.39 Å². The van der Waals surface area contributed by atoms with Crippen LogP contribution in [0.1, 0.15) is 12.5 Å². The van der Waals surface area contributed by atoms with Crippen LogP contribution >= 0.6 is 56.9 Å². The van der Waals surface area contributed by atoms with Gasteiger partial charge in [0.1, 0.15) is 18.1 Å².